The molecular weight excluding hydrogens is 522 g/mol. The number of H-pyrrole nitrogens is 2. The summed E-state index contributed by atoms with van der Waals surface area (Å²) >= 11 is 1.47. The second kappa shape index (κ2) is 9.80. The van der Waals surface area contributed by atoms with Crippen molar-refractivity contribution in [2.45, 2.75) is 32.6 Å². The first-order chi connectivity index (χ1) is 19.5. The van der Waals surface area contributed by atoms with Crippen molar-refractivity contribution in [3.8, 4) is 33.1 Å². The molecule has 0 aliphatic heterocycles. The number of amides is 1. The molecule has 198 valence electrons. The van der Waals surface area contributed by atoms with Crippen molar-refractivity contribution in [2.75, 3.05) is 5.32 Å². The van der Waals surface area contributed by atoms with Crippen molar-refractivity contribution in [2.24, 2.45) is 5.92 Å². The van der Waals surface area contributed by atoms with E-state index in [1.807, 2.05) is 42.5 Å². The molecule has 1 fully saturated rings. The van der Waals surface area contributed by atoms with Crippen LogP contribution < -0.4 is 5.32 Å². The third-order valence-corrected chi connectivity index (χ3v) is 8.66. The van der Waals surface area contributed by atoms with Crippen LogP contribution in [-0.4, -0.2) is 41.8 Å². The maximum atomic E-state index is 12.6. The Bertz CT molecular complexity index is 1910. The Morgan fingerprint density at radius 2 is 1.93 bits per heavy atom. The fourth-order valence-electron chi connectivity index (χ4n) is 5.37. The number of aromatic nitrogens is 6. The van der Waals surface area contributed by atoms with E-state index in [2.05, 4.69) is 30.5 Å². The van der Waals surface area contributed by atoms with E-state index in [-0.39, 0.29) is 17.6 Å². The Morgan fingerprint density at radius 1 is 1.05 bits per heavy atom. The largest absolute Gasteiger partial charge is 0.338 e. The molecule has 0 bridgehead atoms. The fourth-order valence-corrected chi connectivity index (χ4v) is 6.31. The Kier molecular flexibility index (Phi) is 5.96. The van der Waals surface area contributed by atoms with Crippen LogP contribution in [0.2, 0.25) is 0 Å². The van der Waals surface area contributed by atoms with Crippen LogP contribution in [-0.2, 0) is 4.79 Å². The van der Waals surface area contributed by atoms with Gasteiger partial charge in [0.15, 0.2) is 5.78 Å². The van der Waals surface area contributed by atoms with Crippen molar-refractivity contribution in [3.63, 3.8) is 0 Å². The van der Waals surface area contributed by atoms with Gasteiger partial charge < -0.3 is 10.3 Å². The van der Waals surface area contributed by atoms with Gasteiger partial charge in [0, 0.05) is 39.7 Å². The van der Waals surface area contributed by atoms with E-state index in [0.29, 0.717) is 16.9 Å². The summed E-state index contributed by atoms with van der Waals surface area (Å²) < 4.78 is 0. The van der Waals surface area contributed by atoms with Crippen LogP contribution in [0.15, 0.2) is 61.1 Å². The summed E-state index contributed by atoms with van der Waals surface area (Å²) in [5, 5.41) is 11.6. The summed E-state index contributed by atoms with van der Waals surface area (Å²) in [4.78, 5) is 43.4. The van der Waals surface area contributed by atoms with Gasteiger partial charge in [0.2, 0.25) is 5.91 Å². The molecule has 6 heterocycles. The molecule has 40 heavy (non-hydrogen) atoms. The number of ketones is 1. The van der Waals surface area contributed by atoms with Crippen LogP contribution in [0.4, 0.5) is 5.69 Å². The molecule has 1 aliphatic rings. The first-order valence-electron chi connectivity index (χ1n) is 13.2. The molecule has 6 aromatic rings. The zero-order chi connectivity index (χ0) is 27.2. The average molecular weight is 548 g/mol. The lowest BCUT2D eigenvalue weighted by atomic mass is 10.1. The zero-order valence-electron chi connectivity index (χ0n) is 21.7. The minimum atomic E-state index is 0.0538. The minimum Gasteiger partial charge on any atom is -0.338 e. The van der Waals surface area contributed by atoms with E-state index in [4.69, 9.17) is 4.98 Å². The lowest BCUT2D eigenvalue weighted by Crippen LogP contribution is -2.20. The van der Waals surface area contributed by atoms with Crippen LogP contribution in [0, 0.1) is 5.92 Å². The highest BCUT2D eigenvalue weighted by Gasteiger charge is 2.23. The molecule has 9 nitrogen and oxygen atoms in total. The number of thiophene rings is 1. The van der Waals surface area contributed by atoms with Crippen molar-refractivity contribution in [3.05, 3.63) is 65.9 Å². The number of fused-ring (bicyclic) bond motifs is 2. The van der Waals surface area contributed by atoms with E-state index in [9.17, 15) is 9.59 Å². The third kappa shape index (κ3) is 4.36. The van der Waals surface area contributed by atoms with Crippen LogP contribution in [0.25, 0.3) is 55.2 Å². The fraction of sp³-hybridized carbons (Fsp3) is 0.200. The van der Waals surface area contributed by atoms with E-state index in [1.165, 1.54) is 11.3 Å². The number of Topliss-reactive ketones (excluding diaryl/α,β-unsaturated/α-hetero) is 1. The molecule has 0 radical (unpaired) electrons. The topological polar surface area (TPSA) is 129 Å². The molecule has 0 unspecified atom stereocenters. The smallest absolute Gasteiger partial charge is 0.227 e. The summed E-state index contributed by atoms with van der Waals surface area (Å²) in [6.07, 6.45) is 9.27. The number of aromatic amines is 2. The molecule has 3 N–H and O–H groups in total. The van der Waals surface area contributed by atoms with Gasteiger partial charge in [0.1, 0.15) is 16.9 Å². The normalized spacial score (nSPS) is 13.8. The maximum absolute atomic E-state index is 12.6. The molecule has 6 aromatic heterocycles. The van der Waals surface area contributed by atoms with Crippen molar-refractivity contribution < 1.29 is 9.59 Å². The Hall–Kier alpha value is -4.70. The summed E-state index contributed by atoms with van der Waals surface area (Å²) in [5.74, 6) is 0.191. The molecule has 1 aliphatic carbocycles. The summed E-state index contributed by atoms with van der Waals surface area (Å²) in [7, 11) is 0. The highest BCUT2D eigenvalue weighted by molar-refractivity contribution is 7.17. The van der Waals surface area contributed by atoms with Gasteiger partial charge in [-0.05, 0) is 62.2 Å². The van der Waals surface area contributed by atoms with Gasteiger partial charge in [0.25, 0.3) is 0 Å². The molecule has 1 amide bonds. The van der Waals surface area contributed by atoms with Crippen LogP contribution >= 0.6 is 11.3 Å². The summed E-state index contributed by atoms with van der Waals surface area (Å²) in [5.41, 5.74) is 6.89. The van der Waals surface area contributed by atoms with Gasteiger partial charge in [-0.3, -0.25) is 19.7 Å². The number of anilines is 1. The maximum Gasteiger partial charge on any atom is 0.227 e. The van der Waals surface area contributed by atoms with Crippen molar-refractivity contribution in [1.29, 1.82) is 0 Å². The molecule has 10 heteroatoms. The van der Waals surface area contributed by atoms with Gasteiger partial charge in [0.05, 0.1) is 33.7 Å². The second-order valence-electron chi connectivity index (χ2n) is 10.1. The number of hydrogen-bond acceptors (Lipinski definition) is 7. The van der Waals surface area contributed by atoms with Crippen LogP contribution in [0.5, 0.6) is 0 Å². The predicted octanol–water partition coefficient (Wildman–Crippen LogP) is 6.62. The molecule has 0 saturated heterocycles. The second-order valence-corrected chi connectivity index (χ2v) is 11.2. The quantitative estimate of drug-likeness (QED) is 0.201. The first kappa shape index (κ1) is 24.3. The number of carbonyl (C=O) groups excluding carboxylic acids is 2. The van der Waals surface area contributed by atoms with E-state index >= 15 is 0 Å². The van der Waals surface area contributed by atoms with Gasteiger partial charge in [-0.1, -0.05) is 12.8 Å². The van der Waals surface area contributed by atoms with E-state index in [0.717, 1.165) is 74.5 Å². The van der Waals surface area contributed by atoms with Crippen molar-refractivity contribution >= 4 is 50.8 Å². The molecule has 0 atom stereocenters. The zero-order valence-corrected chi connectivity index (χ0v) is 22.5. The lowest BCUT2D eigenvalue weighted by Gasteiger charge is -2.11. The standard InChI is InChI=1S/C30H25N7O2S/c1-16(38)25-8-9-26(40-25)20-10-11-32-29-21(20)13-24(35-29)28-27-23(36-37-28)7-6-22(34-27)18-12-19(15-31-14-18)33-30(39)17-4-2-3-5-17/h6-15,17H,2-5H2,1H3,(H,32,35)(H,33,39)(H,36,37). The Morgan fingerprint density at radius 3 is 2.75 bits per heavy atom. The number of pyridine rings is 3. The van der Waals surface area contributed by atoms with E-state index in [1.54, 1.807) is 25.5 Å². The van der Waals surface area contributed by atoms with Crippen LogP contribution in [0.1, 0.15) is 42.3 Å². The third-order valence-electron chi connectivity index (χ3n) is 7.44. The molecule has 0 aromatic carbocycles. The summed E-state index contributed by atoms with van der Waals surface area (Å²) in [6.45, 7) is 1.58. The van der Waals surface area contributed by atoms with Crippen LogP contribution in [0.3, 0.4) is 0 Å². The van der Waals surface area contributed by atoms with E-state index < -0.39 is 0 Å². The average Bonchev–Trinajstić information content (AvgIpc) is 3.78. The number of nitrogens with one attached hydrogen (secondary N) is 3. The number of hydrogen-bond donors (Lipinski definition) is 3. The Labute approximate surface area is 233 Å². The Balaban J connectivity index is 1.24. The molecule has 7 rings (SSSR count). The lowest BCUT2D eigenvalue weighted by molar-refractivity contribution is -0.119. The number of carbonyl (C=O) groups is 2. The molecule has 1 saturated carbocycles. The number of nitrogens with zero attached hydrogens (tertiary/aromatic N) is 4. The molecule has 0 spiro atoms. The van der Waals surface area contributed by atoms with Gasteiger partial charge in [-0.15, -0.1) is 11.3 Å². The SMILES string of the molecule is CC(=O)c1ccc(-c2ccnc3[nH]c(-c4n[nH]c5ccc(-c6cncc(NC(=O)C7CCCC7)c6)nc45)cc23)s1. The van der Waals surface area contributed by atoms with Crippen molar-refractivity contribution in [1.82, 2.24) is 30.1 Å². The predicted molar refractivity (Wildman–Crippen MR) is 156 cm³/mol. The molecular formula is C30H25N7O2S. The number of rotatable bonds is 6. The first-order valence-corrected chi connectivity index (χ1v) is 14.1. The van der Waals surface area contributed by atoms with Gasteiger partial charge >= 0.3 is 0 Å². The van der Waals surface area contributed by atoms with Gasteiger partial charge in [-0.25, -0.2) is 9.97 Å². The monoisotopic (exact) mass is 547 g/mol. The highest BCUT2D eigenvalue weighted by Crippen LogP contribution is 2.36. The summed E-state index contributed by atoms with van der Waals surface area (Å²) in [6, 6.07) is 13.6. The van der Waals surface area contributed by atoms with Gasteiger partial charge in [-0.2, -0.15) is 5.10 Å². The highest BCUT2D eigenvalue weighted by atomic mass is 32.1. The minimum absolute atomic E-state index is 0.0538.